The molecular formula is C16H12Cl2N3NaO3S. The molecule has 0 spiro atoms. The first-order valence-electron chi connectivity index (χ1n) is 6.93. The molecule has 0 unspecified atom stereocenters. The molecule has 0 aromatic heterocycles. The first kappa shape index (κ1) is 21.1. The number of nitrogen functional groups attached to an aromatic ring is 1. The fourth-order valence-corrected chi connectivity index (χ4v) is 3.31. The molecular weight excluding hydrogens is 408 g/mol. The van der Waals surface area contributed by atoms with Crippen LogP contribution in [0.1, 0.15) is 0 Å². The standard InChI is InChI=1S/C16H11Cl2N3O3S.Na.H/c17-12-6-5-9(7-13(12)18)20-21-14-8-15(25(22,23)24)10-3-1-2-4-11(10)16(14)19;;/h1-8H,19H2,(H,22,23,24);;. The molecule has 6 nitrogen and oxygen atoms in total. The van der Waals surface area contributed by atoms with Crippen LogP contribution in [-0.4, -0.2) is 42.5 Å². The van der Waals surface area contributed by atoms with Crippen molar-refractivity contribution in [2.45, 2.75) is 4.90 Å². The molecule has 26 heavy (non-hydrogen) atoms. The predicted molar refractivity (Wildman–Crippen MR) is 106 cm³/mol. The molecule has 0 aliphatic carbocycles. The van der Waals surface area contributed by atoms with Crippen molar-refractivity contribution >= 4 is 90.7 Å². The van der Waals surface area contributed by atoms with Crippen LogP contribution in [0.3, 0.4) is 0 Å². The van der Waals surface area contributed by atoms with Gasteiger partial charge in [-0.2, -0.15) is 13.5 Å². The van der Waals surface area contributed by atoms with Gasteiger partial charge in [-0.25, -0.2) is 0 Å². The summed E-state index contributed by atoms with van der Waals surface area (Å²) >= 11 is 11.8. The predicted octanol–water partition coefficient (Wildman–Crippen LogP) is 4.74. The minimum absolute atomic E-state index is 0. The van der Waals surface area contributed by atoms with Crippen LogP contribution in [0, 0.1) is 0 Å². The number of halogens is 2. The molecule has 0 heterocycles. The van der Waals surface area contributed by atoms with Crippen molar-refractivity contribution in [2.24, 2.45) is 10.2 Å². The summed E-state index contributed by atoms with van der Waals surface area (Å²) in [6, 6.07) is 12.4. The van der Waals surface area contributed by atoms with Crippen LogP contribution in [0.2, 0.25) is 10.0 Å². The molecule has 3 aromatic carbocycles. The first-order chi connectivity index (χ1) is 11.8. The van der Waals surface area contributed by atoms with Crippen LogP contribution < -0.4 is 5.73 Å². The molecule has 0 fully saturated rings. The third-order valence-corrected chi connectivity index (χ3v) is 5.11. The van der Waals surface area contributed by atoms with Crippen LogP contribution in [0.4, 0.5) is 17.1 Å². The first-order valence-corrected chi connectivity index (χ1v) is 9.12. The SMILES string of the molecule is Nc1c(N=Nc2ccc(Cl)c(Cl)c2)cc(S(=O)(=O)O)c2ccccc12.[NaH]. The van der Waals surface area contributed by atoms with E-state index in [2.05, 4.69) is 10.2 Å². The Labute approximate surface area is 182 Å². The number of rotatable bonds is 3. The van der Waals surface area contributed by atoms with E-state index in [9.17, 15) is 13.0 Å². The van der Waals surface area contributed by atoms with Gasteiger partial charge in [0.05, 0.1) is 21.4 Å². The molecule has 3 aromatic rings. The van der Waals surface area contributed by atoms with E-state index in [4.69, 9.17) is 28.9 Å². The Balaban J connectivity index is 0.00000243. The molecule has 0 saturated heterocycles. The van der Waals surface area contributed by atoms with E-state index in [1.165, 1.54) is 12.1 Å². The quantitative estimate of drug-likeness (QED) is 0.276. The van der Waals surface area contributed by atoms with Gasteiger partial charge >= 0.3 is 29.6 Å². The van der Waals surface area contributed by atoms with Gasteiger partial charge in [-0.15, -0.1) is 5.11 Å². The monoisotopic (exact) mass is 419 g/mol. The third kappa shape index (κ3) is 4.37. The Hall–Kier alpha value is -1.19. The maximum absolute atomic E-state index is 11.7. The van der Waals surface area contributed by atoms with E-state index in [-0.39, 0.29) is 45.8 Å². The van der Waals surface area contributed by atoms with Gasteiger partial charge in [0.25, 0.3) is 10.1 Å². The maximum atomic E-state index is 11.7. The van der Waals surface area contributed by atoms with E-state index < -0.39 is 10.1 Å². The molecule has 0 saturated carbocycles. The van der Waals surface area contributed by atoms with Crippen LogP contribution in [0.25, 0.3) is 10.8 Å². The van der Waals surface area contributed by atoms with E-state index >= 15 is 0 Å². The molecule has 3 rings (SSSR count). The van der Waals surface area contributed by atoms with Crippen molar-refractivity contribution in [3.63, 3.8) is 0 Å². The number of hydrogen-bond acceptors (Lipinski definition) is 5. The van der Waals surface area contributed by atoms with Crippen molar-refractivity contribution in [3.05, 3.63) is 58.6 Å². The van der Waals surface area contributed by atoms with Crippen LogP contribution >= 0.6 is 23.2 Å². The molecule has 10 heteroatoms. The normalized spacial score (nSPS) is 11.7. The molecule has 0 amide bonds. The van der Waals surface area contributed by atoms with Crippen molar-refractivity contribution < 1.29 is 13.0 Å². The molecule has 0 aliphatic heterocycles. The molecule has 130 valence electrons. The zero-order valence-corrected chi connectivity index (χ0v) is 14.8. The molecule has 3 N–H and O–H groups in total. The Kier molecular flexibility index (Phi) is 6.68. The van der Waals surface area contributed by atoms with Gasteiger partial charge in [-0.3, -0.25) is 4.55 Å². The molecule has 0 radical (unpaired) electrons. The number of anilines is 1. The summed E-state index contributed by atoms with van der Waals surface area (Å²) in [5.74, 6) is 0. The second-order valence-corrected chi connectivity index (χ2v) is 7.33. The number of azo groups is 1. The summed E-state index contributed by atoms with van der Waals surface area (Å²) in [5.41, 5.74) is 6.84. The second kappa shape index (κ2) is 8.22. The molecule has 0 atom stereocenters. The number of nitrogens with two attached hydrogens (primary N) is 1. The number of nitrogens with zero attached hydrogens (tertiary/aromatic N) is 2. The topological polar surface area (TPSA) is 105 Å². The Morgan fingerprint density at radius 2 is 1.58 bits per heavy atom. The Bertz CT molecular complexity index is 1120. The fraction of sp³-hybridized carbons (Fsp3) is 0. The minimum atomic E-state index is -4.46. The van der Waals surface area contributed by atoms with Crippen molar-refractivity contribution in [2.75, 3.05) is 5.73 Å². The Morgan fingerprint density at radius 3 is 2.19 bits per heavy atom. The summed E-state index contributed by atoms with van der Waals surface area (Å²) in [6.07, 6.45) is 0. The van der Waals surface area contributed by atoms with E-state index in [1.54, 1.807) is 36.4 Å². The zero-order chi connectivity index (χ0) is 18.2. The number of hydrogen-bond donors (Lipinski definition) is 2. The van der Waals surface area contributed by atoms with Gasteiger partial charge in [0.1, 0.15) is 10.6 Å². The summed E-state index contributed by atoms with van der Waals surface area (Å²) < 4.78 is 32.8. The summed E-state index contributed by atoms with van der Waals surface area (Å²) in [4.78, 5) is -0.291. The van der Waals surface area contributed by atoms with Gasteiger partial charge in [0.15, 0.2) is 0 Å². The average molecular weight is 420 g/mol. The molecule has 0 aliphatic rings. The van der Waals surface area contributed by atoms with E-state index in [1.807, 2.05) is 0 Å². The van der Waals surface area contributed by atoms with Gasteiger partial charge in [-0.1, -0.05) is 47.5 Å². The summed E-state index contributed by atoms with van der Waals surface area (Å²) in [7, 11) is -4.46. The number of benzene rings is 3. The summed E-state index contributed by atoms with van der Waals surface area (Å²) in [6.45, 7) is 0. The second-order valence-electron chi connectivity index (χ2n) is 5.13. The van der Waals surface area contributed by atoms with Crippen molar-refractivity contribution in [3.8, 4) is 0 Å². The van der Waals surface area contributed by atoms with Crippen molar-refractivity contribution in [1.82, 2.24) is 0 Å². The van der Waals surface area contributed by atoms with Crippen LogP contribution in [0.5, 0.6) is 0 Å². The van der Waals surface area contributed by atoms with Gasteiger partial charge in [0.2, 0.25) is 0 Å². The summed E-state index contributed by atoms with van der Waals surface area (Å²) in [5, 5.41) is 9.42. The van der Waals surface area contributed by atoms with Gasteiger partial charge < -0.3 is 5.73 Å². The zero-order valence-electron chi connectivity index (χ0n) is 12.5. The van der Waals surface area contributed by atoms with Gasteiger partial charge in [-0.05, 0) is 24.3 Å². The van der Waals surface area contributed by atoms with Crippen LogP contribution in [-0.2, 0) is 10.1 Å². The van der Waals surface area contributed by atoms with Crippen molar-refractivity contribution in [1.29, 1.82) is 0 Å². The third-order valence-electron chi connectivity index (χ3n) is 3.48. The number of fused-ring (bicyclic) bond motifs is 1. The van der Waals surface area contributed by atoms with E-state index in [0.717, 1.165) is 0 Å². The Morgan fingerprint density at radius 1 is 0.923 bits per heavy atom. The van der Waals surface area contributed by atoms with Gasteiger partial charge in [0, 0.05) is 10.8 Å². The fourth-order valence-electron chi connectivity index (χ4n) is 2.31. The molecule has 0 bridgehead atoms. The van der Waals surface area contributed by atoms with Crippen LogP contribution in [0.15, 0.2) is 63.7 Å². The average Bonchev–Trinajstić information content (AvgIpc) is 2.56. The van der Waals surface area contributed by atoms with E-state index in [0.29, 0.717) is 26.5 Å².